The minimum Gasteiger partial charge on any atom is -0.481 e. The van der Waals surface area contributed by atoms with Crippen molar-refractivity contribution in [2.75, 3.05) is 19.6 Å². The van der Waals surface area contributed by atoms with Crippen LogP contribution in [0.15, 0.2) is 6.58 Å². The summed E-state index contributed by atoms with van der Waals surface area (Å²) in [7, 11) is 0. The first-order valence-corrected chi connectivity index (χ1v) is 2.88. The molecule has 1 saturated heterocycles. The second-order valence-corrected chi connectivity index (χ2v) is 1.88. The third-order valence-corrected chi connectivity index (χ3v) is 1.28. The van der Waals surface area contributed by atoms with Crippen LogP contribution in [0.1, 0.15) is 0 Å². The zero-order valence-electron chi connectivity index (χ0n) is 5.18. The van der Waals surface area contributed by atoms with Crippen molar-refractivity contribution >= 4 is 5.91 Å². The van der Waals surface area contributed by atoms with Gasteiger partial charge in [0.1, 0.15) is 0 Å². The maximum atomic E-state index is 10.8. The molecule has 0 bridgehead atoms. The van der Waals surface area contributed by atoms with E-state index in [1.165, 1.54) is 4.90 Å². The Hall–Kier alpha value is -0.830. The van der Waals surface area contributed by atoms with E-state index in [-0.39, 0.29) is 5.91 Å². The quantitative estimate of drug-likeness (QED) is 0.473. The van der Waals surface area contributed by atoms with Crippen LogP contribution in [0.4, 0.5) is 0 Å². The Bertz CT molecular complexity index is 133. The molecule has 0 aromatic carbocycles. The van der Waals surface area contributed by atoms with Gasteiger partial charge in [0, 0.05) is 19.6 Å². The summed E-state index contributed by atoms with van der Waals surface area (Å²) in [4.78, 5) is 12.3. The molecule has 1 aliphatic rings. The van der Waals surface area contributed by atoms with E-state index in [1.807, 2.05) is 0 Å². The second-order valence-electron chi connectivity index (χ2n) is 1.88. The molecule has 0 aliphatic carbocycles. The minimum atomic E-state index is 0.0521. The highest BCUT2D eigenvalue weighted by Gasteiger charge is 2.03. The standard InChI is InChI=1S/C6H9N2O/c1-2-8-4-3-7-5-6(8)9/h7H,1,3-5H2/q-1. The summed E-state index contributed by atoms with van der Waals surface area (Å²) in [6.07, 6.45) is 2.55. The number of carbonyl (C=O) groups excluding carboxylic acids is 1. The van der Waals surface area contributed by atoms with Crippen LogP contribution in [-0.2, 0) is 4.79 Å². The van der Waals surface area contributed by atoms with Crippen LogP contribution < -0.4 is 5.32 Å². The van der Waals surface area contributed by atoms with Crippen molar-refractivity contribution in [1.29, 1.82) is 0 Å². The average molecular weight is 125 g/mol. The Balaban J connectivity index is 2.48. The number of piperazine rings is 1. The van der Waals surface area contributed by atoms with E-state index in [0.717, 1.165) is 6.54 Å². The van der Waals surface area contributed by atoms with E-state index < -0.39 is 0 Å². The normalized spacial score (nSPS) is 20.0. The molecule has 0 aromatic heterocycles. The molecule has 1 N–H and O–H groups in total. The van der Waals surface area contributed by atoms with Gasteiger partial charge in [0.15, 0.2) is 0 Å². The molecule has 1 fully saturated rings. The van der Waals surface area contributed by atoms with Crippen molar-refractivity contribution in [2.24, 2.45) is 0 Å². The van der Waals surface area contributed by atoms with Crippen LogP contribution in [0.5, 0.6) is 0 Å². The zero-order chi connectivity index (χ0) is 6.69. The first-order valence-electron chi connectivity index (χ1n) is 2.88. The number of nitrogens with zero attached hydrogens (tertiary/aromatic N) is 1. The number of nitrogens with one attached hydrogen (secondary N) is 1. The molecule has 1 rings (SSSR count). The molecule has 50 valence electrons. The summed E-state index contributed by atoms with van der Waals surface area (Å²) in [5.74, 6) is 0.0521. The highest BCUT2D eigenvalue weighted by molar-refractivity contribution is 5.79. The van der Waals surface area contributed by atoms with Crippen molar-refractivity contribution in [3.63, 3.8) is 0 Å². The summed E-state index contributed by atoms with van der Waals surface area (Å²) >= 11 is 0. The van der Waals surface area contributed by atoms with Crippen LogP contribution in [0.3, 0.4) is 0 Å². The number of amides is 1. The lowest BCUT2D eigenvalue weighted by atomic mass is 10.4. The molecule has 0 aromatic rings. The Kier molecular flexibility index (Phi) is 1.85. The predicted octanol–water partition coefficient (Wildman–Crippen LogP) is -0.635. The lowest BCUT2D eigenvalue weighted by Crippen LogP contribution is -2.45. The Morgan fingerprint density at radius 3 is 3.00 bits per heavy atom. The van der Waals surface area contributed by atoms with E-state index in [9.17, 15) is 4.79 Å². The number of carbonyl (C=O) groups is 1. The van der Waals surface area contributed by atoms with Crippen molar-refractivity contribution in [3.8, 4) is 0 Å². The fourth-order valence-corrected chi connectivity index (χ4v) is 0.774. The van der Waals surface area contributed by atoms with Crippen LogP contribution in [0, 0.1) is 6.20 Å². The van der Waals surface area contributed by atoms with Gasteiger partial charge in [-0.15, -0.1) is 0 Å². The molecular weight excluding hydrogens is 116 g/mol. The van der Waals surface area contributed by atoms with Gasteiger partial charge in [-0.3, -0.25) is 0 Å². The molecule has 1 aliphatic heterocycles. The van der Waals surface area contributed by atoms with E-state index in [0.29, 0.717) is 13.1 Å². The lowest BCUT2D eigenvalue weighted by molar-refractivity contribution is -0.129. The number of hydrogen-bond donors (Lipinski definition) is 1. The van der Waals surface area contributed by atoms with Gasteiger partial charge in [-0.25, -0.2) is 0 Å². The molecule has 0 saturated carbocycles. The summed E-state index contributed by atoms with van der Waals surface area (Å²) in [6.45, 7) is 5.34. The smallest absolute Gasteiger partial charge is 0.0842 e. The topological polar surface area (TPSA) is 32.3 Å². The molecule has 0 unspecified atom stereocenters. The zero-order valence-corrected chi connectivity index (χ0v) is 5.18. The molecule has 1 heterocycles. The van der Waals surface area contributed by atoms with Crippen LogP contribution in [0.2, 0.25) is 0 Å². The minimum absolute atomic E-state index is 0.0521. The molecule has 3 heteroatoms. The second kappa shape index (κ2) is 2.64. The maximum Gasteiger partial charge on any atom is 0.0842 e. The van der Waals surface area contributed by atoms with Gasteiger partial charge in [-0.1, -0.05) is 0 Å². The van der Waals surface area contributed by atoms with Crippen molar-refractivity contribution in [3.05, 3.63) is 12.8 Å². The van der Waals surface area contributed by atoms with E-state index in [1.54, 1.807) is 0 Å². The van der Waals surface area contributed by atoms with Crippen molar-refractivity contribution in [1.82, 2.24) is 10.2 Å². The highest BCUT2D eigenvalue weighted by Crippen LogP contribution is 1.91. The summed E-state index contributed by atoms with van der Waals surface area (Å²) in [6, 6.07) is 0. The Morgan fingerprint density at radius 2 is 2.56 bits per heavy atom. The fourth-order valence-electron chi connectivity index (χ4n) is 0.774. The maximum absolute atomic E-state index is 10.8. The third-order valence-electron chi connectivity index (χ3n) is 1.28. The van der Waals surface area contributed by atoms with E-state index in [4.69, 9.17) is 0 Å². The largest absolute Gasteiger partial charge is 0.481 e. The molecule has 0 spiro atoms. The van der Waals surface area contributed by atoms with Gasteiger partial charge < -0.3 is 15.0 Å². The number of rotatable bonds is 1. The highest BCUT2D eigenvalue weighted by atomic mass is 16.2. The van der Waals surface area contributed by atoms with Crippen molar-refractivity contribution < 1.29 is 4.79 Å². The van der Waals surface area contributed by atoms with Gasteiger partial charge in [0.25, 0.3) is 0 Å². The summed E-state index contributed by atoms with van der Waals surface area (Å²) < 4.78 is 0. The van der Waals surface area contributed by atoms with Gasteiger partial charge in [0.2, 0.25) is 0 Å². The molecule has 1 amide bonds. The molecule has 0 atom stereocenters. The monoisotopic (exact) mass is 125 g/mol. The molecule has 0 radical (unpaired) electrons. The van der Waals surface area contributed by atoms with Gasteiger partial charge >= 0.3 is 0 Å². The molecule has 3 nitrogen and oxygen atoms in total. The first-order chi connectivity index (χ1) is 4.34. The molecular formula is C6H9N2O-. The summed E-state index contributed by atoms with van der Waals surface area (Å²) in [5.41, 5.74) is 0. The average Bonchev–Trinajstić information content (AvgIpc) is 1.89. The van der Waals surface area contributed by atoms with Gasteiger partial charge in [0.05, 0.1) is 5.91 Å². The van der Waals surface area contributed by atoms with E-state index in [2.05, 4.69) is 18.1 Å². The third kappa shape index (κ3) is 1.29. The van der Waals surface area contributed by atoms with Gasteiger partial charge in [-0.05, 0) is 0 Å². The Labute approximate surface area is 54.3 Å². The fraction of sp³-hybridized carbons (Fsp3) is 0.500. The number of hydrogen-bond acceptors (Lipinski definition) is 2. The first kappa shape index (κ1) is 6.29. The van der Waals surface area contributed by atoms with Crippen LogP contribution in [-0.4, -0.2) is 30.4 Å². The SMILES string of the molecule is C=[C-]N1CCNCC1=O. The molecule has 9 heavy (non-hydrogen) atoms. The lowest BCUT2D eigenvalue weighted by Gasteiger charge is -2.33. The van der Waals surface area contributed by atoms with Crippen LogP contribution in [0.25, 0.3) is 0 Å². The van der Waals surface area contributed by atoms with Crippen LogP contribution >= 0.6 is 0 Å². The summed E-state index contributed by atoms with van der Waals surface area (Å²) in [5, 5.41) is 2.94. The van der Waals surface area contributed by atoms with Crippen molar-refractivity contribution in [2.45, 2.75) is 0 Å². The van der Waals surface area contributed by atoms with E-state index >= 15 is 0 Å². The predicted molar refractivity (Wildman–Crippen MR) is 33.5 cm³/mol. The Morgan fingerprint density at radius 1 is 1.78 bits per heavy atom. The van der Waals surface area contributed by atoms with Gasteiger partial charge in [-0.2, -0.15) is 12.8 Å².